The van der Waals surface area contributed by atoms with Gasteiger partial charge in [-0.15, -0.1) is 0 Å². The van der Waals surface area contributed by atoms with E-state index in [-0.39, 0.29) is 18.6 Å². The Morgan fingerprint density at radius 3 is 2.81 bits per heavy atom. The number of rotatable bonds is 3. The molecule has 1 N–H and O–H groups in total. The second-order valence-electron chi connectivity index (χ2n) is 4.60. The molecule has 2 amide bonds. The number of hydrogen-bond acceptors (Lipinski definition) is 4. The van der Waals surface area contributed by atoms with Crippen molar-refractivity contribution >= 4 is 23.6 Å². The van der Waals surface area contributed by atoms with E-state index in [2.05, 4.69) is 10.1 Å². The van der Waals surface area contributed by atoms with Crippen LogP contribution in [-0.2, 0) is 14.3 Å². The molecular formula is C14H17ClN2O4. The average molecular weight is 313 g/mol. The van der Waals surface area contributed by atoms with Crippen LogP contribution in [-0.4, -0.2) is 50.3 Å². The maximum absolute atomic E-state index is 12.0. The molecule has 21 heavy (non-hydrogen) atoms. The van der Waals surface area contributed by atoms with E-state index in [9.17, 15) is 9.59 Å². The first-order valence-electron chi connectivity index (χ1n) is 6.57. The highest BCUT2D eigenvalue weighted by Crippen LogP contribution is 2.23. The third kappa shape index (κ3) is 4.34. The molecule has 1 fully saturated rings. The number of halogens is 1. The maximum atomic E-state index is 12.0. The van der Waals surface area contributed by atoms with Gasteiger partial charge in [-0.25, -0.2) is 4.79 Å². The molecule has 0 radical (unpaired) electrons. The molecule has 0 saturated carbocycles. The molecule has 0 unspecified atom stereocenters. The minimum Gasteiger partial charge on any atom is -0.453 e. The Hall–Kier alpha value is -1.79. The molecule has 0 bridgehead atoms. The number of nitrogens with one attached hydrogen (secondary N) is 1. The summed E-state index contributed by atoms with van der Waals surface area (Å²) in [6, 6.07) is 7.35. The molecule has 1 aromatic rings. The Balaban J connectivity index is 1.92. The van der Waals surface area contributed by atoms with Gasteiger partial charge in [0.2, 0.25) is 5.91 Å². The lowest BCUT2D eigenvalue weighted by molar-refractivity contribution is -0.137. The molecule has 1 aliphatic heterocycles. The van der Waals surface area contributed by atoms with Crippen LogP contribution in [0.3, 0.4) is 0 Å². The second-order valence-corrected chi connectivity index (χ2v) is 5.03. The van der Waals surface area contributed by atoms with E-state index >= 15 is 0 Å². The van der Waals surface area contributed by atoms with Crippen LogP contribution in [0.25, 0.3) is 0 Å². The van der Waals surface area contributed by atoms with Gasteiger partial charge in [-0.05, 0) is 17.7 Å². The van der Waals surface area contributed by atoms with Crippen LogP contribution < -0.4 is 5.32 Å². The fourth-order valence-corrected chi connectivity index (χ4v) is 2.21. The number of alkyl carbamates (subject to hydrolysis) is 1. The normalized spacial score (nSPS) is 18.2. The largest absolute Gasteiger partial charge is 0.453 e. The molecule has 6 nitrogen and oxygen atoms in total. The Morgan fingerprint density at radius 1 is 1.43 bits per heavy atom. The van der Waals surface area contributed by atoms with Crippen LogP contribution in [0.4, 0.5) is 4.79 Å². The number of amides is 2. The maximum Gasteiger partial charge on any atom is 0.407 e. The van der Waals surface area contributed by atoms with Gasteiger partial charge in [-0.1, -0.05) is 23.7 Å². The van der Waals surface area contributed by atoms with Crippen molar-refractivity contribution < 1.29 is 19.1 Å². The van der Waals surface area contributed by atoms with Crippen molar-refractivity contribution in [2.75, 3.05) is 33.4 Å². The van der Waals surface area contributed by atoms with Gasteiger partial charge in [-0.3, -0.25) is 4.79 Å². The van der Waals surface area contributed by atoms with Crippen molar-refractivity contribution in [2.24, 2.45) is 0 Å². The third-order valence-electron chi connectivity index (χ3n) is 3.23. The molecule has 0 aliphatic carbocycles. The molecule has 2 rings (SSSR count). The molecule has 1 aromatic carbocycles. The molecule has 1 heterocycles. The third-order valence-corrected chi connectivity index (χ3v) is 3.48. The van der Waals surface area contributed by atoms with E-state index < -0.39 is 6.09 Å². The zero-order chi connectivity index (χ0) is 15.2. The molecule has 1 saturated heterocycles. The number of morpholine rings is 1. The lowest BCUT2D eigenvalue weighted by Crippen LogP contribution is -2.46. The summed E-state index contributed by atoms with van der Waals surface area (Å²) in [5.74, 6) is -0.164. The van der Waals surface area contributed by atoms with Crippen LogP contribution in [0.15, 0.2) is 24.3 Å². The summed E-state index contributed by atoms with van der Waals surface area (Å²) in [4.78, 5) is 24.7. The van der Waals surface area contributed by atoms with Gasteiger partial charge in [0, 0.05) is 11.6 Å². The Labute approximate surface area is 128 Å². The first kappa shape index (κ1) is 15.6. The zero-order valence-electron chi connectivity index (χ0n) is 11.7. The molecule has 114 valence electrons. The van der Waals surface area contributed by atoms with Crippen LogP contribution in [0.1, 0.15) is 11.7 Å². The summed E-state index contributed by atoms with van der Waals surface area (Å²) in [5.41, 5.74) is 0.970. The van der Waals surface area contributed by atoms with Gasteiger partial charge in [0.25, 0.3) is 0 Å². The van der Waals surface area contributed by atoms with E-state index in [0.717, 1.165) is 5.56 Å². The van der Waals surface area contributed by atoms with E-state index in [1.165, 1.54) is 7.11 Å². The second kappa shape index (κ2) is 7.28. The Bertz CT molecular complexity index is 506. The van der Waals surface area contributed by atoms with E-state index in [1.807, 2.05) is 12.1 Å². The summed E-state index contributed by atoms with van der Waals surface area (Å²) in [6.45, 7) is 1.33. The highest BCUT2D eigenvalue weighted by atomic mass is 35.5. The smallest absolute Gasteiger partial charge is 0.407 e. The van der Waals surface area contributed by atoms with Crippen molar-refractivity contribution in [3.8, 4) is 0 Å². The zero-order valence-corrected chi connectivity index (χ0v) is 12.4. The molecule has 0 aromatic heterocycles. The molecule has 0 spiro atoms. The van der Waals surface area contributed by atoms with E-state index in [0.29, 0.717) is 24.7 Å². The Morgan fingerprint density at radius 2 is 2.14 bits per heavy atom. The quantitative estimate of drug-likeness (QED) is 0.920. The average Bonchev–Trinajstić information content (AvgIpc) is 2.53. The monoisotopic (exact) mass is 312 g/mol. The van der Waals surface area contributed by atoms with Gasteiger partial charge in [-0.2, -0.15) is 0 Å². The number of nitrogens with zero attached hydrogens (tertiary/aromatic N) is 1. The molecule has 7 heteroatoms. The Kier molecular flexibility index (Phi) is 5.41. The molecule has 1 aliphatic rings. The fourth-order valence-electron chi connectivity index (χ4n) is 2.09. The molecular weight excluding hydrogens is 296 g/mol. The number of carbonyl (C=O) groups is 2. The van der Waals surface area contributed by atoms with Crippen LogP contribution >= 0.6 is 11.6 Å². The van der Waals surface area contributed by atoms with Crippen molar-refractivity contribution in [2.45, 2.75) is 6.10 Å². The first-order chi connectivity index (χ1) is 10.1. The highest BCUT2D eigenvalue weighted by Gasteiger charge is 2.25. The summed E-state index contributed by atoms with van der Waals surface area (Å²) >= 11 is 5.86. The van der Waals surface area contributed by atoms with E-state index in [4.69, 9.17) is 16.3 Å². The minimum atomic E-state index is -0.620. The van der Waals surface area contributed by atoms with Gasteiger partial charge in [0.1, 0.15) is 12.6 Å². The lowest BCUT2D eigenvalue weighted by Gasteiger charge is -2.33. The van der Waals surface area contributed by atoms with Crippen molar-refractivity contribution in [3.63, 3.8) is 0 Å². The highest BCUT2D eigenvalue weighted by molar-refractivity contribution is 6.30. The summed E-state index contributed by atoms with van der Waals surface area (Å²) < 4.78 is 10.1. The van der Waals surface area contributed by atoms with Crippen molar-refractivity contribution in [1.82, 2.24) is 10.2 Å². The predicted octanol–water partition coefficient (Wildman–Crippen LogP) is 1.60. The topological polar surface area (TPSA) is 67.9 Å². The number of methoxy groups -OCH3 is 1. The SMILES string of the molecule is COC(=O)NCC(=O)N1CCO[C@@H](c2ccc(Cl)cc2)C1. The van der Waals surface area contributed by atoms with Gasteiger partial charge in [0.15, 0.2) is 0 Å². The van der Waals surface area contributed by atoms with Crippen LogP contribution in [0.2, 0.25) is 5.02 Å². The summed E-state index contributed by atoms with van der Waals surface area (Å²) in [7, 11) is 1.26. The van der Waals surface area contributed by atoms with Crippen LogP contribution in [0, 0.1) is 0 Å². The van der Waals surface area contributed by atoms with Gasteiger partial charge >= 0.3 is 6.09 Å². The first-order valence-corrected chi connectivity index (χ1v) is 6.94. The summed E-state index contributed by atoms with van der Waals surface area (Å²) in [6.07, 6.45) is -0.802. The van der Waals surface area contributed by atoms with Crippen molar-refractivity contribution in [1.29, 1.82) is 0 Å². The predicted molar refractivity (Wildman–Crippen MR) is 77.1 cm³/mol. The van der Waals surface area contributed by atoms with Crippen LogP contribution in [0.5, 0.6) is 0 Å². The number of hydrogen-bond donors (Lipinski definition) is 1. The van der Waals surface area contributed by atoms with E-state index in [1.54, 1.807) is 17.0 Å². The van der Waals surface area contributed by atoms with Crippen molar-refractivity contribution in [3.05, 3.63) is 34.9 Å². The number of ether oxygens (including phenoxy) is 2. The fraction of sp³-hybridized carbons (Fsp3) is 0.429. The molecule has 1 atom stereocenters. The number of carbonyl (C=O) groups excluding carboxylic acids is 2. The summed E-state index contributed by atoms with van der Waals surface area (Å²) in [5, 5.41) is 3.04. The number of benzene rings is 1. The standard InChI is InChI=1S/C14H17ClN2O4/c1-20-14(19)16-8-13(18)17-6-7-21-12(9-17)10-2-4-11(15)5-3-10/h2-5,12H,6-9H2,1H3,(H,16,19)/t12-/m1/s1. The lowest BCUT2D eigenvalue weighted by atomic mass is 10.1. The van der Waals surface area contributed by atoms with Gasteiger partial charge in [0.05, 0.1) is 20.3 Å². The van der Waals surface area contributed by atoms with Gasteiger partial charge < -0.3 is 19.7 Å². The minimum absolute atomic E-state index is 0.0833.